The number of nitrogens with two attached hydrogens (primary N) is 1. The summed E-state index contributed by atoms with van der Waals surface area (Å²) < 4.78 is 5.47. The molecule has 3 atom stereocenters. The molecule has 164 valence electrons. The number of carbonyl (C=O) groups excluding carboxylic acids is 3. The first-order chi connectivity index (χ1) is 12.9. The fraction of sp³-hybridized carbons (Fsp3) is 0.850. The largest absolute Gasteiger partial charge is 0.380 e. The molecule has 0 aliphatic carbocycles. The van der Waals surface area contributed by atoms with E-state index in [0.717, 1.165) is 6.42 Å². The molecule has 0 radical (unpaired) electrons. The maximum atomic E-state index is 12.1. The van der Waals surface area contributed by atoms with Crippen LogP contribution in [0.1, 0.15) is 60.8 Å². The summed E-state index contributed by atoms with van der Waals surface area (Å²) in [5.74, 6) is -0.438. The summed E-state index contributed by atoms with van der Waals surface area (Å²) in [4.78, 5) is 34.9. The Balaban J connectivity index is 3.83. The van der Waals surface area contributed by atoms with E-state index in [2.05, 4.69) is 36.7 Å². The minimum atomic E-state index is -0.383. The highest BCUT2D eigenvalue weighted by atomic mass is 16.5. The van der Waals surface area contributed by atoms with Gasteiger partial charge in [0.1, 0.15) is 0 Å². The average molecular weight is 401 g/mol. The molecule has 0 aromatic carbocycles. The van der Waals surface area contributed by atoms with Crippen molar-refractivity contribution in [2.75, 3.05) is 26.3 Å². The zero-order chi connectivity index (χ0) is 21.7. The third-order valence-corrected chi connectivity index (χ3v) is 4.17. The Morgan fingerprint density at radius 3 is 2.21 bits per heavy atom. The van der Waals surface area contributed by atoms with Crippen LogP contribution in [0.3, 0.4) is 0 Å². The smallest absolute Gasteiger partial charge is 0.234 e. The number of ether oxygens (including phenoxy) is 1. The molecule has 2 unspecified atom stereocenters. The van der Waals surface area contributed by atoms with Crippen molar-refractivity contribution in [2.24, 2.45) is 11.1 Å². The summed E-state index contributed by atoms with van der Waals surface area (Å²) in [5, 5.41) is 9.02. The first-order valence-corrected chi connectivity index (χ1v) is 10.1. The minimum absolute atomic E-state index is 0.0513. The average Bonchev–Trinajstić information content (AvgIpc) is 2.57. The number of nitrogens with one attached hydrogen (secondary N) is 3. The SMILES string of the molecule is CC(CCNC(C)C(=O)CCNC(=O)CCOCC(C)(C)C)N[C@@H](C)C(N)=O. The summed E-state index contributed by atoms with van der Waals surface area (Å²) >= 11 is 0. The molecule has 8 heteroatoms. The third-order valence-electron chi connectivity index (χ3n) is 4.17. The number of rotatable bonds is 15. The Morgan fingerprint density at radius 1 is 1.00 bits per heavy atom. The van der Waals surface area contributed by atoms with Gasteiger partial charge in [-0.05, 0) is 39.2 Å². The Bertz CT molecular complexity index is 491. The van der Waals surface area contributed by atoms with Gasteiger partial charge in [0, 0.05) is 25.4 Å². The standard InChI is InChI=1S/C20H40N4O4/c1-14(24-16(3)19(21)27)7-10-22-15(2)17(25)8-11-23-18(26)9-12-28-13-20(4,5)6/h14-16,22,24H,7-13H2,1-6H3,(H2,21,27)(H,23,26)/t14?,15?,16-/m0/s1. The summed E-state index contributed by atoms with van der Waals surface area (Å²) in [6.07, 6.45) is 1.35. The number of hydrogen-bond acceptors (Lipinski definition) is 6. The molecule has 0 aliphatic heterocycles. The summed E-state index contributed by atoms with van der Waals surface area (Å²) in [7, 11) is 0. The number of hydrogen-bond donors (Lipinski definition) is 4. The van der Waals surface area contributed by atoms with Crippen molar-refractivity contribution in [3.63, 3.8) is 0 Å². The number of Topliss-reactive ketones (excluding diaryl/α,β-unsaturated/α-hetero) is 1. The van der Waals surface area contributed by atoms with Crippen LogP contribution in [-0.4, -0.2) is 62.0 Å². The van der Waals surface area contributed by atoms with Crippen LogP contribution in [0.15, 0.2) is 0 Å². The van der Waals surface area contributed by atoms with Gasteiger partial charge in [-0.15, -0.1) is 0 Å². The summed E-state index contributed by atoms with van der Waals surface area (Å²) in [6, 6.07) is -0.554. The Hall–Kier alpha value is -1.51. The molecule has 0 rings (SSSR count). The number of carbonyl (C=O) groups is 3. The van der Waals surface area contributed by atoms with Gasteiger partial charge in [0.05, 0.1) is 25.3 Å². The van der Waals surface area contributed by atoms with Gasteiger partial charge in [-0.3, -0.25) is 14.4 Å². The first kappa shape index (κ1) is 26.5. The van der Waals surface area contributed by atoms with Gasteiger partial charge in [-0.1, -0.05) is 20.8 Å². The van der Waals surface area contributed by atoms with Crippen LogP contribution in [0, 0.1) is 5.41 Å². The van der Waals surface area contributed by atoms with E-state index in [0.29, 0.717) is 32.7 Å². The maximum Gasteiger partial charge on any atom is 0.234 e. The fourth-order valence-corrected chi connectivity index (χ4v) is 2.40. The molecule has 0 aromatic heterocycles. The highest BCUT2D eigenvalue weighted by Crippen LogP contribution is 2.12. The summed E-state index contributed by atoms with van der Waals surface area (Å²) in [6.45, 7) is 13.7. The number of primary amides is 1. The lowest BCUT2D eigenvalue weighted by Gasteiger charge is -2.19. The second-order valence-corrected chi connectivity index (χ2v) is 8.59. The Kier molecular flexibility index (Phi) is 12.9. The van der Waals surface area contributed by atoms with Crippen LogP contribution in [0.2, 0.25) is 0 Å². The van der Waals surface area contributed by atoms with Gasteiger partial charge in [0.25, 0.3) is 0 Å². The molecule has 0 saturated heterocycles. The molecule has 0 aliphatic rings. The van der Waals surface area contributed by atoms with E-state index in [4.69, 9.17) is 10.5 Å². The van der Waals surface area contributed by atoms with Gasteiger partial charge < -0.3 is 26.4 Å². The van der Waals surface area contributed by atoms with E-state index in [1.807, 2.05) is 13.8 Å². The van der Waals surface area contributed by atoms with Crippen LogP contribution in [0.25, 0.3) is 0 Å². The monoisotopic (exact) mass is 400 g/mol. The molecular formula is C20H40N4O4. The van der Waals surface area contributed by atoms with Gasteiger partial charge in [-0.2, -0.15) is 0 Å². The Labute approximate surface area is 169 Å². The maximum absolute atomic E-state index is 12.1. The van der Waals surface area contributed by atoms with E-state index in [1.165, 1.54) is 0 Å². The van der Waals surface area contributed by atoms with Crippen LogP contribution >= 0.6 is 0 Å². The lowest BCUT2D eigenvalue weighted by atomic mass is 9.99. The highest BCUT2D eigenvalue weighted by molar-refractivity contribution is 5.84. The third kappa shape index (κ3) is 14.5. The van der Waals surface area contributed by atoms with Crippen molar-refractivity contribution < 1.29 is 19.1 Å². The summed E-state index contributed by atoms with van der Waals surface area (Å²) in [5.41, 5.74) is 5.30. The second kappa shape index (κ2) is 13.6. The van der Waals surface area contributed by atoms with E-state index in [-0.39, 0.29) is 47.6 Å². The molecule has 0 spiro atoms. The predicted molar refractivity (Wildman–Crippen MR) is 111 cm³/mol. The van der Waals surface area contributed by atoms with Crippen LogP contribution in [0.5, 0.6) is 0 Å². The van der Waals surface area contributed by atoms with Gasteiger partial charge in [-0.25, -0.2) is 0 Å². The molecule has 0 bridgehead atoms. The van der Waals surface area contributed by atoms with Crippen molar-refractivity contribution in [1.29, 1.82) is 0 Å². The van der Waals surface area contributed by atoms with Crippen molar-refractivity contribution in [3.8, 4) is 0 Å². The molecule has 0 fully saturated rings. The van der Waals surface area contributed by atoms with E-state index >= 15 is 0 Å². The molecule has 28 heavy (non-hydrogen) atoms. The molecule has 2 amide bonds. The molecule has 0 heterocycles. The van der Waals surface area contributed by atoms with Crippen molar-refractivity contribution >= 4 is 17.6 Å². The Morgan fingerprint density at radius 2 is 1.64 bits per heavy atom. The van der Waals surface area contributed by atoms with Crippen molar-refractivity contribution in [1.82, 2.24) is 16.0 Å². The van der Waals surface area contributed by atoms with Crippen molar-refractivity contribution in [3.05, 3.63) is 0 Å². The predicted octanol–water partition coefficient (Wildman–Crippen LogP) is 0.735. The first-order valence-electron chi connectivity index (χ1n) is 10.1. The lowest BCUT2D eigenvalue weighted by molar-refractivity contribution is -0.123. The highest BCUT2D eigenvalue weighted by Gasteiger charge is 2.15. The normalized spacial score (nSPS) is 14.9. The van der Waals surface area contributed by atoms with Gasteiger partial charge in [0.2, 0.25) is 11.8 Å². The molecule has 8 nitrogen and oxygen atoms in total. The minimum Gasteiger partial charge on any atom is -0.380 e. The van der Waals surface area contributed by atoms with E-state index < -0.39 is 0 Å². The molecule has 5 N–H and O–H groups in total. The molecule has 0 aromatic rings. The second-order valence-electron chi connectivity index (χ2n) is 8.59. The van der Waals surface area contributed by atoms with Crippen LogP contribution in [0.4, 0.5) is 0 Å². The van der Waals surface area contributed by atoms with E-state index in [1.54, 1.807) is 6.92 Å². The number of amides is 2. The van der Waals surface area contributed by atoms with Crippen LogP contribution < -0.4 is 21.7 Å². The lowest BCUT2D eigenvalue weighted by Crippen LogP contribution is -2.45. The zero-order valence-electron chi connectivity index (χ0n) is 18.4. The molecule has 0 saturated carbocycles. The quantitative estimate of drug-likeness (QED) is 0.301. The van der Waals surface area contributed by atoms with E-state index in [9.17, 15) is 14.4 Å². The number of ketones is 1. The topological polar surface area (TPSA) is 123 Å². The zero-order valence-corrected chi connectivity index (χ0v) is 18.4. The van der Waals surface area contributed by atoms with Crippen molar-refractivity contribution in [2.45, 2.75) is 78.9 Å². The van der Waals surface area contributed by atoms with Gasteiger partial charge >= 0.3 is 0 Å². The fourth-order valence-electron chi connectivity index (χ4n) is 2.40. The van der Waals surface area contributed by atoms with Crippen LogP contribution in [-0.2, 0) is 19.1 Å². The molecular weight excluding hydrogens is 360 g/mol. The van der Waals surface area contributed by atoms with Gasteiger partial charge in [0.15, 0.2) is 5.78 Å².